The Hall–Kier alpha value is -1.63. The molecule has 1 unspecified atom stereocenters. The Morgan fingerprint density at radius 2 is 1.82 bits per heavy atom. The van der Waals surface area contributed by atoms with Crippen LogP contribution in [0.25, 0.3) is 0 Å². The highest BCUT2D eigenvalue weighted by atomic mass is 16.5. The minimum absolute atomic E-state index is 0.0802. The fraction of sp³-hybridized carbons (Fsp3) is 0.857. The lowest BCUT2D eigenvalue weighted by Gasteiger charge is -2.38. The van der Waals surface area contributed by atoms with Crippen molar-refractivity contribution in [2.75, 3.05) is 26.2 Å². The summed E-state index contributed by atoms with van der Waals surface area (Å²) >= 11 is 0. The SMILES string of the molecule is CC(C)c1nc(C2CCCN(C(=O)NC3CCN(C4CCCC4)CC3)C2)no1. The molecule has 0 spiro atoms. The van der Waals surface area contributed by atoms with Gasteiger partial charge in [0.05, 0.1) is 0 Å². The maximum Gasteiger partial charge on any atom is 0.317 e. The lowest BCUT2D eigenvalue weighted by molar-refractivity contribution is 0.136. The number of urea groups is 1. The maximum absolute atomic E-state index is 12.8. The highest BCUT2D eigenvalue weighted by Crippen LogP contribution is 2.28. The molecule has 3 fully saturated rings. The fourth-order valence-corrected chi connectivity index (χ4v) is 4.96. The van der Waals surface area contributed by atoms with E-state index in [4.69, 9.17) is 4.52 Å². The van der Waals surface area contributed by atoms with E-state index in [-0.39, 0.29) is 17.9 Å². The number of rotatable bonds is 4. The molecule has 3 heterocycles. The molecule has 4 rings (SSSR count). The smallest absolute Gasteiger partial charge is 0.317 e. The zero-order chi connectivity index (χ0) is 19.5. The van der Waals surface area contributed by atoms with Gasteiger partial charge in [-0.05, 0) is 38.5 Å². The number of aromatic nitrogens is 2. The summed E-state index contributed by atoms with van der Waals surface area (Å²) < 4.78 is 5.36. The van der Waals surface area contributed by atoms with Crippen molar-refractivity contribution >= 4 is 6.03 Å². The number of likely N-dealkylation sites (tertiary alicyclic amines) is 2. The molecule has 2 saturated heterocycles. The first kappa shape index (κ1) is 19.7. The number of amides is 2. The molecule has 1 aromatic rings. The zero-order valence-electron chi connectivity index (χ0n) is 17.4. The van der Waals surface area contributed by atoms with Gasteiger partial charge in [0.25, 0.3) is 0 Å². The first-order valence-corrected chi connectivity index (χ1v) is 11.2. The Labute approximate surface area is 168 Å². The van der Waals surface area contributed by atoms with Crippen LogP contribution in [0.5, 0.6) is 0 Å². The van der Waals surface area contributed by atoms with E-state index in [1.54, 1.807) is 0 Å². The molecule has 2 aliphatic heterocycles. The van der Waals surface area contributed by atoms with Crippen molar-refractivity contribution in [1.82, 2.24) is 25.3 Å². The van der Waals surface area contributed by atoms with Crippen LogP contribution in [0, 0.1) is 0 Å². The molecule has 3 aliphatic rings. The van der Waals surface area contributed by atoms with Crippen LogP contribution in [0.2, 0.25) is 0 Å². The number of hydrogen-bond donors (Lipinski definition) is 1. The maximum atomic E-state index is 12.8. The molecule has 156 valence electrons. The van der Waals surface area contributed by atoms with Crippen LogP contribution in [-0.2, 0) is 0 Å². The van der Waals surface area contributed by atoms with Crippen molar-refractivity contribution < 1.29 is 9.32 Å². The first-order chi connectivity index (χ1) is 13.6. The lowest BCUT2D eigenvalue weighted by Crippen LogP contribution is -2.52. The van der Waals surface area contributed by atoms with E-state index in [0.717, 1.165) is 57.2 Å². The third-order valence-corrected chi connectivity index (χ3v) is 6.72. The topological polar surface area (TPSA) is 74.5 Å². The molecular weight excluding hydrogens is 354 g/mol. The van der Waals surface area contributed by atoms with Gasteiger partial charge in [0, 0.05) is 50.1 Å². The standard InChI is InChI=1S/C21H35N5O2/c1-15(2)20-23-19(24-28-20)16-6-5-11-26(14-16)21(27)22-17-9-12-25(13-10-17)18-7-3-4-8-18/h15-18H,3-14H2,1-2H3,(H,22,27). The highest BCUT2D eigenvalue weighted by Gasteiger charge is 2.31. The number of hydrogen-bond acceptors (Lipinski definition) is 5. The molecule has 0 aromatic carbocycles. The number of nitrogens with one attached hydrogen (secondary N) is 1. The van der Waals surface area contributed by atoms with Gasteiger partial charge in [-0.1, -0.05) is 31.8 Å². The Kier molecular flexibility index (Phi) is 6.19. The van der Waals surface area contributed by atoms with Crippen molar-refractivity contribution in [3.05, 3.63) is 11.7 Å². The summed E-state index contributed by atoms with van der Waals surface area (Å²) in [6, 6.07) is 1.19. The number of carbonyl (C=O) groups excluding carboxylic acids is 1. The average molecular weight is 390 g/mol. The Morgan fingerprint density at radius 1 is 1.07 bits per heavy atom. The van der Waals surface area contributed by atoms with Crippen LogP contribution in [-0.4, -0.2) is 64.2 Å². The second-order valence-electron chi connectivity index (χ2n) is 9.13. The van der Waals surface area contributed by atoms with Crippen LogP contribution >= 0.6 is 0 Å². The summed E-state index contributed by atoms with van der Waals surface area (Å²) in [7, 11) is 0. The van der Waals surface area contributed by atoms with E-state index in [9.17, 15) is 4.79 Å². The average Bonchev–Trinajstić information content (AvgIpc) is 3.41. The van der Waals surface area contributed by atoms with Crippen LogP contribution in [0.4, 0.5) is 4.79 Å². The Balaban J connectivity index is 1.26. The third-order valence-electron chi connectivity index (χ3n) is 6.72. The normalized spacial score (nSPS) is 25.5. The van der Waals surface area contributed by atoms with Gasteiger partial charge in [0.2, 0.25) is 5.89 Å². The quantitative estimate of drug-likeness (QED) is 0.853. The van der Waals surface area contributed by atoms with Crippen molar-refractivity contribution in [2.24, 2.45) is 0 Å². The lowest BCUT2D eigenvalue weighted by atomic mass is 9.97. The molecule has 1 aromatic heterocycles. The van der Waals surface area contributed by atoms with Gasteiger partial charge in [-0.15, -0.1) is 0 Å². The summed E-state index contributed by atoms with van der Waals surface area (Å²) in [5.41, 5.74) is 0. The highest BCUT2D eigenvalue weighted by molar-refractivity contribution is 5.74. The number of carbonyl (C=O) groups is 1. The molecule has 0 bridgehead atoms. The van der Waals surface area contributed by atoms with E-state index >= 15 is 0 Å². The van der Waals surface area contributed by atoms with E-state index in [1.807, 2.05) is 4.90 Å². The van der Waals surface area contributed by atoms with Crippen molar-refractivity contribution in [3.63, 3.8) is 0 Å². The van der Waals surface area contributed by atoms with Crippen LogP contribution in [0.3, 0.4) is 0 Å². The molecule has 7 nitrogen and oxygen atoms in total. The number of piperidine rings is 2. The molecule has 1 aliphatic carbocycles. The Morgan fingerprint density at radius 3 is 2.50 bits per heavy atom. The van der Waals surface area contributed by atoms with E-state index in [0.29, 0.717) is 18.5 Å². The largest absolute Gasteiger partial charge is 0.339 e. The van der Waals surface area contributed by atoms with E-state index in [1.165, 1.54) is 25.7 Å². The zero-order valence-corrected chi connectivity index (χ0v) is 17.4. The number of nitrogens with zero attached hydrogens (tertiary/aromatic N) is 4. The summed E-state index contributed by atoms with van der Waals surface area (Å²) in [6.07, 6.45) is 9.64. The Bertz CT molecular complexity index is 647. The van der Waals surface area contributed by atoms with E-state index < -0.39 is 0 Å². The summed E-state index contributed by atoms with van der Waals surface area (Å²) in [6.45, 7) is 7.85. The van der Waals surface area contributed by atoms with E-state index in [2.05, 4.69) is 34.2 Å². The minimum atomic E-state index is 0.0802. The van der Waals surface area contributed by atoms with Crippen molar-refractivity contribution in [1.29, 1.82) is 0 Å². The van der Waals surface area contributed by atoms with Gasteiger partial charge in [0.1, 0.15) is 0 Å². The van der Waals surface area contributed by atoms with Crippen molar-refractivity contribution in [2.45, 2.75) is 89.1 Å². The third kappa shape index (κ3) is 4.50. The molecule has 0 radical (unpaired) electrons. The predicted molar refractivity (Wildman–Crippen MR) is 107 cm³/mol. The monoisotopic (exact) mass is 389 g/mol. The van der Waals surface area contributed by atoms with Crippen LogP contribution in [0.1, 0.15) is 88.8 Å². The minimum Gasteiger partial charge on any atom is -0.339 e. The molecule has 1 atom stereocenters. The molecule has 7 heteroatoms. The fourth-order valence-electron chi connectivity index (χ4n) is 4.96. The van der Waals surface area contributed by atoms with Gasteiger partial charge >= 0.3 is 6.03 Å². The summed E-state index contributed by atoms with van der Waals surface area (Å²) in [4.78, 5) is 22.0. The predicted octanol–water partition coefficient (Wildman–Crippen LogP) is 3.49. The second-order valence-corrected chi connectivity index (χ2v) is 9.13. The molecular formula is C21H35N5O2. The summed E-state index contributed by atoms with van der Waals surface area (Å²) in [5, 5.41) is 7.46. The molecule has 28 heavy (non-hydrogen) atoms. The van der Waals surface area contributed by atoms with Gasteiger partial charge in [-0.3, -0.25) is 0 Å². The van der Waals surface area contributed by atoms with Crippen molar-refractivity contribution in [3.8, 4) is 0 Å². The van der Waals surface area contributed by atoms with Gasteiger partial charge in [0.15, 0.2) is 5.82 Å². The van der Waals surface area contributed by atoms with Crippen LogP contribution < -0.4 is 5.32 Å². The second kappa shape index (κ2) is 8.80. The molecule has 2 amide bonds. The van der Waals surface area contributed by atoms with Gasteiger partial charge in [-0.25, -0.2) is 4.79 Å². The molecule has 1 saturated carbocycles. The van der Waals surface area contributed by atoms with Crippen LogP contribution in [0.15, 0.2) is 4.52 Å². The van der Waals surface area contributed by atoms with Gasteiger partial charge < -0.3 is 19.6 Å². The summed E-state index contributed by atoms with van der Waals surface area (Å²) in [5.74, 6) is 1.86. The van der Waals surface area contributed by atoms with Gasteiger partial charge in [-0.2, -0.15) is 4.98 Å². The molecule has 1 N–H and O–H groups in total. The first-order valence-electron chi connectivity index (χ1n) is 11.2.